The van der Waals surface area contributed by atoms with Crippen molar-refractivity contribution in [3.63, 3.8) is 0 Å². The minimum atomic E-state index is 0.625. The summed E-state index contributed by atoms with van der Waals surface area (Å²) >= 11 is 6.30. The van der Waals surface area contributed by atoms with Gasteiger partial charge in [-0.05, 0) is 55.5 Å². The average Bonchev–Trinajstić information content (AvgIpc) is 2.43. The van der Waals surface area contributed by atoms with Crippen LogP contribution in [-0.4, -0.2) is 18.0 Å². The molecule has 0 fully saturated rings. The van der Waals surface area contributed by atoms with Crippen LogP contribution in [0.15, 0.2) is 18.2 Å². The SMILES string of the molecule is CC(C)CCN(CCC(C)C)Cc1ccc(C#N)cc1Cl. The first-order valence-electron chi connectivity index (χ1n) is 7.83. The Hall–Kier alpha value is -1.04. The second-order valence-corrected chi connectivity index (χ2v) is 6.97. The van der Waals surface area contributed by atoms with Gasteiger partial charge in [0.15, 0.2) is 0 Å². The second kappa shape index (κ2) is 9.07. The van der Waals surface area contributed by atoms with E-state index in [9.17, 15) is 0 Å². The first-order chi connectivity index (χ1) is 9.92. The Bertz CT molecular complexity index is 463. The van der Waals surface area contributed by atoms with Crippen LogP contribution in [0.3, 0.4) is 0 Å². The Labute approximate surface area is 134 Å². The zero-order valence-corrected chi connectivity index (χ0v) is 14.5. The zero-order chi connectivity index (χ0) is 15.8. The molecular formula is C18H27ClN2. The Morgan fingerprint density at radius 3 is 2.10 bits per heavy atom. The van der Waals surface area contributed by atoms with Gasteiger partial charge >= 0.3 is 0 Å². The molecule has 0 aliphatic heterocycles. The van der Waals surface area contributed by atoms with Crippen molar-refractivity contribution in [3.8, 4) is 6.07 Å². The number of hydrogen-bond donors (Lipinski definition) is 0. The average molecular weight is 307 g/mol. The quantitative estimate of drug-likeness (QED) is 0.667. The van der Waals surface area contributed by atoms with Gasteiger partial charge in [0.05, 0.1) is 11.6 Å². The lowest BCUT2D eigenvalue weighted by atomic mass is 10.1. The second-order valence-electron chi connectivity index (χ2n) is 6.56. The smallest absolute Gasteiger partial charge is 0.0992 e. The highest BCUT2D eigenvalue weighted by atomic mass is 35.5. The van der Waals surface area contributed by atoms with Gasteiger partial charge in [0.1, 0.15) is 0 Å². The minimum Gasteiger partial charge on any atom is -0.299 e. The van der Waals surface area contributed by atoms with Gasteiger partial charge in [0.25, 0.3) is 0 Å². The van der Waals surface area contributed by atoms with Crippen LogP contribution in [0.2, 0.25) is 5.02 Å². The monoisotopic (exact) mass is 306 g/mol. The number of rotatable bonds is 8. The van der Waals surface area contributed by atoms with E-state index in [2.05, 4.69) is 38.7 Å². The molecule has 0 N–H and O–H groups in total. The Kier molecular flexibility index (Phi) is 7.78. The summed E-state index contributed by atoms with van der Waals surface area (Å²) in [6.07, 6.45) is 2.40. The molecule has 0 aliphatic carbocycles. The fraction of sp³-hybridized carbons (Fsp3) is 0.611. The normalized spacial score (nSPS) is 11.4. The van der Waals surface area contributed by atoms with Crippen molar-refractivity contribution in [2.75, 3.05) is 13.1 Å². The largest absolute Gasteiger partial charge is 0.299 e. The summed E-state index contributed by atoms with van der Waals surface area (Å²) in [5, 5.41) is 9.61. The molecule has 1 aromatic carbocycles. The molecule has 0 radical (unpaired) electrons. The maximum atomic E-state index is 8.91. The highest BCUT2D eigenvalue weighted by Crippen LogP contribution is 2.20. The molecule has 21 heavy (non-hydrogen) atoms. The van der Waals surface area contributed by atoms with Crippen molar-refractivity contribution >= 4 is 11.6 Å². The topological polar surface area (TPSA) is 27.0 Å². The zero-order valence-electron chi connectivity index (χ0n) is 13.7. The number of nitriles is 1. The van der Waals surface area contributed by atoms with E-state index in [4.69, 9.17) is 16.9 Å². The standard InChI is InChI=1S/C18H27ClN2/c1-14(2)7-9-21(10-8-15(3)4)13-17-6-5-16(12-20)11-18(17)19/h5-6,11,14-15H,7-10,13H2,1-4H3. The number of benzene rings is 1. The van der Waals surface area contributed by atoms with Crippen LogP contribution in [0.5, 0.6) is 0 Å². The summed E-state index contributed by atoms with van der Waals surface area (Å²) in [5.74, 6) is 1.42. The van der Waals surface area contributed by atoms with Crippen LogP contribution >= 0.6 is 11.6 Å². The summed E-state index contributed by atoms with van der Waals surface area (Å²) in [6.45, 7) is 12.1. The van der Waals surface area contributed by atoms with E-state index in [1.165, 1.54) is 12.8 Å². The molecule has 0 aliphatic rings. The summed E-state index contributed by atoms with van der Waals surface area (Å²) in [6, 6.07) is 7.73. The fourth-order valence-electron chi connectivity index (χ4n) is 2.14. The Morgan fingerprint density at radius 2 is 1.67 bits per heavy atom. The molecule has 0 saturated carbocycles. The van der Waals surface area contributed by atoms with E-state index in [1.54, 1.807) is 6.07 Å². The van der Waals surface area contributed by atoms with Gasteiger partial charge in [-0.15, -0.1) is 0 Å². The summed E-state index contributed by atoms with van der Waals surface area (Å²) in [5.41, 5.74) is 1.74. The maximum absolute atomic E-state index is 8.91. The van der Waals surface area contributed by atoms with Crippen LogP contribution in [0.1, 0.15) is 51.7 Å². The van der Waals surface area contributed by atoms with E-state index in [0.717, 1.165) is 25.2 Å². The molecule has 0 spiro atoms. The number of halogens is 1. The van der Waals surface area contributed by atoms with Gasteiger partial charge in [0.2, 0.25) is 0 Å². The molecule has 0 atom stereocenters. The predicted octanol–water partition coefficient (Wildman–Crippen LogP) is 5.11. The van der Waals surface area contributed by atoms with Gasteiger partial charge in [-0.3, -0.25) is 4.90 Å². The predicted molar refractivity (Wildman–Crippen MR) is 90.4 cm³/mol. The van der Waals surface area contributed by atoms with Crippen molar-refractivity contribution in [2.45, 2.75) is 47.1 Å². The molecule has 3 heteroatoms. The van der Waals surface area contributed by atoms with E-state index >= 15 is 0 Å². The van der Waals surface area contributed by atoms with Crippen molar-refractivity contribution < 1.29 is 0 Å². The minimum absolute atomic E-state index is 0.625. The van der Waals surface area contributed by atoms with Crippen molar-refractivity contribution in [2.24, 2.45) is 11.8 Å². The molecule has 0 amide bonds. The maximum Gasteiger partial charge on any atom is 0.0992 e. The number of hydrogen-bond acceptors (Lipinski definition) is 2. The van der Waals surface area contributed by atoms with Gasteiger partial charge in [-0.1, -0.05) is 45.4 Å². The highest BCUT2D eigenvalue weighted by Gasteiger charge is 2.11. The summed E-state index contributed by atoms with van der Waals surface area (Å²) in [7, 11) is 0. The molecular weight excluding hydrogens is 280 g/mol. The summed E-state index contributed by atoms with van der Waals surface area (Å²) < 4.78 is 0. The van der Waals surface area contributed by atoms with Crippen molar-refractivity contribution in [1.82, 2.24) is 4.90 Å². The van der Waals surface area contributed by atoms with Crippen LogP contribution < -0.4 is 0 Å². The third-order valence-corrected chi connectivity index (χ3v) is 3.97. The van der Waals surface area contributed by atoms with Crippen molar-refractivity contribution in [3.05, 3.63) is 34.3 Å². The molecule has 1 aromatic rings. The molecule has 0 bridgehead atoms. The van der Waals surface area contributed by atoms with E-state index in [0.29, 0.717) is 22.4 Å². The molecule has 2 nitrogen and oxygen atoms in total. The third kappa shape index (κ3) is 6.98. The molecule has 0 heterocycles. The highest BCUT2D eigenvalue weighted by molar-refractivity contribution is 6.31. The Morgan fingerprint density at radius 1 is 1.10 bits per heavy atom. The van der Waals surface area contributed by atoms with Crippen LogP contribution in [0, 0.1) is 23.2 Å². The molecule has 0 aromatic heterocycles. The van der Waals surface area contributed by atoms with Gasteiger partial charge in [-0.25, -0.2) is 0 Å². The molecule has 116 valence electrons. The first-order valence-corrected chi connectivity index (χ1v) is 8.21. The van der Waals surface area contributed by atoms with E-state index in [-0.39, 0.29) is 0 Å². The lowest BCUT2D eigenvalue weighted by Crippen LogP contribution is -2.27. The fourth-order valence-corrected chi connectivity index (χ4v) is 2.38. The van der Waals surface area contributed by atoms with Gasteiger partial charge in [-0.2, -0.15) is 5.26 Å². The first kappa shape index (κ1) is 18.0. The van der Waals surface area contributed by atoms with E-state index < -0.39 is 0 Å². The van der Waals surface area contributed by atoms with Gasteiger partial charge in [0, 0.05) is 11.6 Å². The van der Waals surface area contributed by atoms with Crippen LogP contribution in [0.4, 0.5) is 0 Å². The van der Waals surface area contributed by atoms with Crippen LogP contribution in [0.25, 0.3) is 0 Å². The van der Waals surface area contributed by atoms with Gasteiger partial charge < -0.3 is 0 Å². The van der Waals surface area contributed by atoms with Crippen LogP contribution in [-0.2, 0) is 6.54 Å². The molecule has 0 unspecified atom stereocenters. The molecule has 0 saturated heterocycles. The number of nitrogens with zero attached hydrogens (tertiary/aromatic N) is 2. The van der Waals surface area contributed by atoms with Crippen molar-refractivity contribution in [1.29, 1.82) is 5.26 Å². The van der Waals surface area contributed by atoms with E-state index in [1.807, 2.05) is 12.1 Å². The molecule has 1 rings (SSSR count). The third-order valence-electron chi connectivity index (χ3n) is 3.62. The lowest BCUT2D eigenvalue weighted by Gasteiger charge is -2.24. The lowest BCUT2D eigenvalue weighted by molar-refractivity contribution is 0.236. The Balaban J connectivity index is 2.72. The summed E-state index contributed by atoms with van der Waals surface area (Å²) in [4.78, 5) is 2.48.